The minimum absolute atomic E-state index is 0.00801. The molecule has 0 spiro atoms. The fourth-order valence-corrected chi connectivity index (χ4v) is 2.78. The van der Waals surface area contributed by atoms with Gasteiger partial charge in [0.15, 0.2) is 6.19 Å². The van der Waals surface area contributed by atoms with Gasteiger partial charge >= 0.3 is 18.0 Å². The Morgan fingerprint density at radius 2 is 2.19 bits per heavy atom. The van der Waals surface area contributed by atoms with E-state index >= 15 is 0 Å². The number of benzene rings is 1. The van der Waals surface area contributed by atoms with Crippen LogP contribution in [0, 0.1) is 11.5 Å². The van der Waals surface area contributed by atoms with Crippen molar-refractivity contribution in [3.05, 3.63) is 35.7 Å². The van der Waals surface area contributed by atoms with Gasteiger partial charge in [0, 0.05) is 24.2 Å². The fourth-order valence-electron chi connectivity index (χ4n) is 2.78. The van der Waals surface area contributed by atoms with E-state index in [4.69, 9.17) is 9.68 Å². The molecule has 2 heterocycles. The molecule has 7 nitrogen and oxygen atoms in total. The molecule has 0 saturated carbocycles. The van der Waals surface area contributed by atoms with Crippen LogP contribution in [0.2, 0.25) is 0 Å². The predicted octanol–water partition coefficient (Wildman–Crippen LogP) is 2.43. The van der Waals surface area contributed by atoms with Crippen molar-refractivity contribution < 1.29 is 22.4 Å². The highest BCUT2D eigenvalue weighted by Gasteiger charge is 2.32. The summed E-state index contributed by atoms with van der Waals surface area (Å²) in [6.07, 6.45) is -1.87. The maximum absolute atomic E-state index is 12.8. The molecule has 10 heteroatoms. The van der Waals surface area contributed by atoms with Crippen molar-refractivity contribution in [1.29, 1.82) is 5.26 Å². The minimum atomic E-state index is -4.50. The molecule has 26 heavy (non-hydrogen) atoms. The zero-order chi connectivity index (χ0) is 18.9. The van der Waals surface area contributed by atoms with Crippen LogP contribution in [-0.2, 0) is 6.18 Å². The van der Waals surface area contributed by atoms with Gasteiger partial charge in [0.1, 0.15) is 0 Å². The summed E-state index contributed by atoms with van der Waals surface area (Å²) in [5.74, 6) is -1.16. The number of hydrogen-bond acceptors (Lipinski definition) is 6. The van der Waals surface area contributed by atoms with Crippen molar-refractivity contribution in [2.45, 2.75) is 31.6 Å². The summed E-state index contributed by atoms with van der Waals surface area (Å²) in [4.78, 5) is 13.7. The first-order valence-corrected chi connectivity index (χ1v) is 7.76. The molecule has 0 aliphatic carbocycles. The Kier molecular flexibility index (Phi) is 4.54. The van der Waals surface area contributed by atoms with Gasteiger partial charge in [0.2, 0.25) is 5.89 Å². The number of rotatable bonds is 3. The van der Waals surface area contributed by atoms with Gasteiger partial charge in [-0.2, -0.15) is 18.4 Å². The third kappa shape index (κ3) is 3.61. The van der Waals surface area contributed by atoms with E-state index in [2.05, 4.69) is 15.5 Å². The lowest BCUT2D eigenvalue weighted by Gasteiger charge is -2.11. The van der Waals surface area contributed by atoms with Crippen LogP contribution in [0.1, 0.15) is 29.6 Å². The zero-order valence-corrected chi connectivity index (χ0v) is 13.6. The van der Waals surface area contributed by atoms with E-state index in [9.17, 15) is 18.0 Å². The summed E-state index contributed by atoms with van der Waals surface area (Å²) in [5, 5.41) is 18.9. The van der Waals surface area contributed by atoms with E-state index in [1.54, 1.807) is 4.90 Å². The second-order valence-corrected chi connectivity index (χ2v) is 6.00. The first-order valence-electron chi connectivity index (χ1n) is 7.76. The predicted molar refractivity (Wildman–Crippen MR) is 82.4 cm³/mol. The van der Waals surface area contributed by atoms with Gasteiger partial charge in [-0.25, -0.2) is 0 Å². The number of nitriles is 1. The van der Waals surface area contributed by atoms with Gasteiger partial charge in [-0.05, 0) is 31.5 Å². The van der Waals surface area contributed by atoms with E-state index in [0.29, 0.717) is 13.0 Å². The van der Waals surface area contributed by atoms with Crippen molar-refractivity contribution in [1.82, 2.24) is 20.4 Å². The lowest BCUT2D eigenvalue weighted by Crippen LogP contribution is -2.36. The van der Waals surface area contributed by atoms with E-state index in [1.165, 1.54) is 12.1 Å². The number of aromatic nitrogens is 2. The molecule has 1 saturated heterocycles. The quantitative estimate of drug-likeness (QED) is 0.840. The summed E-state index contributed by atoms with van der Waals surface area (Å²) in [7, 11) is 0. The monoisotopic (exact) mass is 365 g/mol. The van der Waals surface area contributed by atoms with Crippen LogP contribution in [0.4, 0.5) is 13.2 Å². The van der Waals surface area contributed by atoms with Crippen LogP contribution in [0.5, 0.6) is 0 Å². The molecule has 3 rings (SSSR count). The molecule has 2 atom stereocenters. The number of carbonyl (C=O) groups excluding carboxylic acids is 1. The molecule has 1 aromatic heterocycles. The Balaban J connectivity index is 1.72. The van der Waals surface area contributed by atoms with E-state index in [-0.39, 0.29) is 29.4 Å². The average Bonchev–Trinajstić information content (AvgIpc) is 3.21. The summed E-state index contributed by atoms with van der Waals surface area (Å²) in [5.41, 5.74) is -0.785. The van der Waals surface area contributed by atoms with Crippen molar-refractivity contribution >= 4 is 5.91 Å². The Morgan fingerprint density at radius 3 is 2.85 bits per heavy atom. The van der Waals surface area contributed by atoms with Crippen LogP contribution in [0.15, 0.2) is 28.7 Å². The molecule has 2 aromatic rings. The summed E-state index contributed by atoms with van der Waals surface area (Å²) < 4.78 is 43.5. The van der Waals surface area contributed by atoms with Gasteiger partial charge in [0.05, 0.1) is 5.56 Å². The zero-order valence-electron chi connectivity index (χ0n) is 13.6. The molecule has 1 fully saturated rings. The van der Waals surface area contributed by atoms with Crippen LogP contribution in [0.25, 0.3) is 11.5 Å². The molecule has 1 aliphatic heterocycles. The first-order chi connectivity index (χ1) is 12.3. The maximum Gasteiger partial charge on any atom is 0.416 e. The summed E-state index contributed by atoms with van der Waals surface area (Å²) in [6.45, 7) is 2.24. The van der Waals surface area contributed by atoms with Gasteiger partial charge in [0.25, 0.3) is 0 Å². The van der Waals surface area contributed by atoms with Crippen molar-refractivity contribution in [2.75, 3.05) is 6.54 Å². The highest BCUT2D eigenvalue weighted by Crippen LogP contribution is 2.31. The standard InChI is InChI=1S/C16H14F3N5O2/c1-9-5-12(7-24(9)8-20)21-13(25)15-23-22-14(26-15)10-3-2-4-11(6-10)16(17,18)19/h2-4,6,9,12H,5,7H2,1H3,(H,21,25). The molecule has 2 unspecified atom stereocenters. The number of nitrogens with zero attached hydrogens (tertiary/aromatic N) is 4. The molecule has 1 amide bonds. The molecule has 136 valence electrons. The number of hydrogen-bond donors (Lipinski definition) is 1. The second kappa shape index (κ2) is 6.67. The Hall–Kier alpha value is -3.09. The molecule has 1 aromatic carbocycles. The fraction of sp³-hybridized carbons (Fsp3) is 0.375. The number of amides is 1. The lowest BCUT2D eigenvalue weighted by molar-refractivity contribution is -0.137. The van der Waals surface area contributed by atoms with E-state index < -0.39 is 17.6 Å². The molecule has 0 radical (unpaired) electrons. The van der Waals surface area contributed by atoms with Gasteiger partial charge in [-0.15, -0.1) is 10.2 Å². The van der Waals surface area contributed by atoms with Gasteiger partial charge in [-0.1, -0.05) is 6.07 Å². The van der Waals surface area contributed by atoms with Crippen molar-refractivity contribution in [3.8, 4) is 17.6 Å². The molecular weight excluding hydrogens is 351 g/mol. The summed E-state index contributed by atoms with van der Waals surface area (Å²) in [6, 6.07) is 4.16. The third-order valence-corrected chi connectivity index (χ3v) is 4.09. The van der Waals surface area contributed by atoms with Crippen molar-refractivity contribution in [3.63, 3.8) is 0 Å². The highest BCUT2D eigenvalue weighted by molar-refractivity contribution is 5.90. The number of likely N-dealkylation sites (tertiary alicyclic amines) is 1. The Labute approximate surface area is 146 Å². The van der Waals surface area contributed by atoms with Gasteiger partial charge in [-0.3, -0.25) is 4.79 Å². The SMILES string of the molecule is CC1CC(NC(=O)c2nnc(-c3cccc(C(F)(F)F)c3)o2)CN1C#N. The number of halogens is 3. The molecule has 0 bridgehead atoms. The molecule has 1 aliphatic rings. The summed E-state index contributed by atoms with van der Waals surface area (Å²) >= 11 is 0. The Bertz CT molecular complexity index is 858. The third-order valence-electron chi connectivity index (χ3n) is 4.09. The van der Waals surface area contributed by atoms with Crippen LogP contribution < -0.4 is 5.32 Å². The first kappa shape index (κ1) is 17.7. The normalized spacial score (nSPS) is 20.0. The van der Waals surface area contributed by atoms with Crippen molar-refractivity contribution in [2.24, 2.45) is 0 Å². The lowest BCUT2D eigenvalue weighted by atomic mass is 10.1. The number of carbonyl (C=O) groups is 1. The highest BCUT2D eigenvalue weighted by atomic mass is 19.4. The van der Waals surface area contributed by atoms with Crippen LogP contribution in [-0.4, -0.2) is 39.6 Å². The van der Waals surface area contributed by atoms with E-state index in [0.717, 1.165) is 12.1 Å². The second-order valence-electron chi connectivity index (χ2n) is 6.00. The molecular formula is C16H14F3N5O2. The maximum atomic E-state index is 12.8. The van der Waals surface area contributed by atoms with Crippen LogP contribution >= 0.6 is 0 Å². The van der Waals surface area contributed by atoms with Gasteiger partial charge < -0.3 is 14.6 Å². The number of nitrogens with one attached hydrogen (secondary N) is 1. The average molecular weight is 365 g/mol. The largest absolute Gasteiger partial charge is 0.416 e. The number of alkyl halides is 3. The minimum Gasteiger partial charge on any atom is -0.412 e. The topological polar surface area (TPSA) is 95.1 Å². The van der Waals surface area contributed by atoms with E-state index in [1.807, 2.05) is 13.1 Å². The smallest absolute Gasteiger partial charge is 0.412 e. The molecule has 1 N–H and O–H groups in total. The Morgan fingerprint density at radius 1 is 1.42 bits per heavy atom. The van der Waals surface area contributed by atoms with Crippen LogP contribution in [0.3, 0.4) is 0 Å².